The largest absolute Gasteiger partial charge is 0.496 e. The van der Waals surface area contributed by atoms with Crippen molar-refractivity contribution in [3.05, 3.63) is 65.2 Å². The minimum absolute atomic E-state index is 0.105. The maximum atomic E-state index is 13.9. The molecule has 0 heterocycles. The number of rotatable bonds is 4. The van der Waals surface area contributed by atoms with Crippen LogP contribution < -0.4 is 4.74 Å². The van der Waals surface area contributed by atoms with Crippen LogP contribution in [0.15, 0.2) is 42.5 Å². The number of hydrogen-bond acceptors (Lipinski definition) is 2. The molecule has 2 rings (SSSR count). The second-order valence-electron chi connectivity index (χ2n) is 4.96. The van der Waals surface area contributed by atoms with Crippen LogP contribution in [0, 0.1) is 11.6 Å². The van der Waals surface area contributed by atoms with Crippen molar-refractivity contribution in [2.45, 2.75) is 13.0 Å². The molecule has 1 atom stereocenters. The molecule has 1 amide bonds. The van der Waals surface area contributed by atoms with Gasteiger partial charge in [-0.3, -0.25) is 4.79 Å². The molecule has 0 spiro atoms. The Hall–Kier alpha value is -2.43. The molecule has 0 saturated carbocycles. The molecule has 5 heteroatoms. The van der Waals surface area contributed by atoms with Crippen LogP contribution >= 0.6 is 0 Å². The van der Waals surface area contributed by atoms with Gasteiger partial charge in [0.25, 0.3) is 5.91 Å². The summed E-state index contributed by atoms with van der Waals surface area (Å²) in [6.07, 6.45) is 0. The molecule has 0 bridgehead atoms. The van der Waals surface area contributed by atoms with Gasteiger partial charge in [0.15, 0.2) is 0 Å². The van der Waals surface area contributed by atoms with Gasteiger partial charge in [0.1, 0.15) is 17.4 Å². The number of benzene rings is 2. The van der Waals surface area contributed by atoms with E-state index >= 15 is 0 Å². The van der Waals surface area contributed by atoms with E-state index in [9.17, 15) is 13.6 Å². The number of halogens is 2. The molecule has 1 unspecified atom stereocenters. The van der Waals surface area contributed by atoms with E-state index in [1.807, 2.05) is 0 Å². The fourth-order valence-corrected chi connectivity index (χ4v) is 2.24. The van der Waals surface area contributed by atoms with Crippen molar-refractivity contribution < 1.29 is 18.3 Å². The summed E-state index contributed by atoms with van der Waals surface area (Å²) < 4.78 is 32.4. The zero-order chi connectivity index (χ0) is 16.3. The molecular formula is C17H17F2NO2. The van der Waals surface area contributed by atoms with E-state index < -0.39 is 17.8 Å². The summed E-state index contributed by atoms with van der Waals surface area (Å²) in [7, 11) is 2.95. The Bertz CT molecular complexity index is 688. The number of hydrogen-bond donors (Lipinski definition) is 0. The molecule has 3 nitrogen and oxygen atoms in total. The molecule has 0 aliphatic rings. The van der Waals surface area contributed by atoms with Gasteiger partial charge in [0, 0.05) is 12.6 Å². The van der Waals surface area contributed by atoms with Gasteiger partial charge in [0.2, 0.25) is 0 Å². The lowest BCUT2D eigenvalue weighted by Crippen LogP contribution is -2.30. The standard InChI is InChI=1S/C17H17F2NO2/c1-11(13-6-4-5-7-15(13)19)20(2)17(21)14-10-12(18)8-9-16(14)22-3/h4-11H,1-3H3. The lowest BCUT2D eigenvalue weighted by molar-refractivity contribution is 0.0736. The minimum Gasteiger partial charge on any atom is -0.496 e. The van der Waals surface area contributed by atoms with Crippen molar-refractivity contribution in [2.24, 2.45) is 0 Å². The van der Waals surface area contributed by atoms with Crippen molar-refractivity contribution in [1.82, 2.24) is 4.90 Å². The first kappa shape index (κ1) is 15.9. The van der Waals surface area contributed by atoms with Gasteiger partial charge in [0.05, 0.1) is 18.7 Å². The zero-order valence-electron chi connectivity index (χ0n) is 12.6. The smallest absolute Gasteiger partial charge is 0.257 e. The van der Waals surface area contributed by atoms with Gasteiger partial charge in [-0.15, -0.1) is 0 Å². The average Bonchev–Trinajstić information content (AvgIpc) is 2.53. The Balaban J connectivity index is 2.33. The lowest BCUT2D eigenvalue weighted by Gasteiger charge is -2.26. The molecule has 116 valence electrons. The maximum absolute atomic E-state index is 13.9. The molecular weight excluding hydrogens is 288 g/mol. The summed E-state index contributed by atoms with van der Waals surface area (Å²) in [5.74, 6) is -1.08. The molecule has 0 N–H and O–H groups in total. The monoisotopic (exact) mass is 305 g/mol. The van der Waals surface area contributed by atoms with Crippen molar-refractivity contribution in [1.29, 1.82) is 0 Å². The fourth-order valence-electron chi connectivity index (χ4n) is 2.24. The van der Waals surface area contributed by atoms with Crippen molar-refractivity contribution in [3.63, 3.8) is 0 Å². The Labute approximate surface area is 128 Å². The van der Waals surface area contributed by atoms with E-state index in [0.29, 0.717) is 5.56 Å². The first-order valence-electron chi connectivity index (χ1n) is 6.80. The van der Waals surface area contributed by atoms with Crippen LogP contribution in [-0.2, 0) is 0 Å². The summed E-state index contributed by atoms with van der Waals surface area (Å²) in [5, 5.41) is 0. The Morgan fingerprint density at radius 3 is 2.50 bits per heavy atom. The van der Waals surface area contributed by atoms with Crippen LogP contribution in [0.1, 0.15) is 28.9 Å². The molecule has 2 aromatic rings. The van der Waals surface area contributed by atoms with E-state index in [4.69, 9.17) is 4.74 Å². The summed E-state index contributed by atoms with van der Waals surface area (Å²) in [4.78, 5) is 13.9. The van der Waals surface area contributed by atoms with E-state index in [0.717, 1.165) is 6.07 Å². The zero-order valence-corrected chi connectivity index (χ0v) is 12.6. The van der Waals surface area contributed by atoms with Crippen LogP contribution in [-0.4, -0.2) is 25.0 Å². The molecule has 0 aliphatic heterocycles. The van der Waals surface area contributed by atoms with Gasteiger partial charge in [-0.2, -0.15) is 0 Å². The van der Waals surface area contributed by atoms with E-state index in [1.165, 1.54) is 30.2 Å². The van der Waals surface area contributed by atoms with Crippen LogP contribution in [0.5, 0.6) is 5.75 Å². The number of carbonyl (C=O) groups is 1. The number of amides is 1. The van der Waals surface area contributed by atoms with Gasteiger partial charge >= 0.3 is 0 Å². The van der Waals surface area contributed by atoms with Crippen LogP contribution in [0.25, 0.3) is 0 Å². The molecule has 0 aromatic heterocycles. The quantitative estimate of drug-likeness (QED) is 0.859. The molecule has 0 aliphatic carbocycles. The lowest BCUT2D eigenvalue weighted by atomic mass is 10.1. The van der Waals surface area contributed by atoms with Crippen LogP contribution in [0.4, 0.5) is 8.78 Å². The minimum atomic E-state index is -0.531. The van der Waals surface area contributed by atoms with E-state index in [1.54, 1.807) is 32.2 Å². The molecule has 2 aromatic carbocycles. The average molecular weight is 305 g/mol. The van der Waals surface area contributed by atoms with Gasteiger partial charge in [-0.1, -0.05) is 18.2 Å². The van der Waals surface area contributed by atoms with Gasteiger partial charge in [-0.25, -0.2) is 8.78 Å². The Morgan fingerprint density at radius 2 is 1.86 bits per heavy atom. The summed E-state index contributed by atoms with van der Waals surface area (Å²) in [6, 6.07) is 9.48. The van der Waals surface area contributed by atoms with Gasteiger partial charge in [-0.05, 0) is 31.2 Å². The molecule has 0 saturated heterocycles. The first-order chi connectivity index (χ1) is 10.5. The number of methoxy groups -OCH3 is 1. The van der Waals surface area contributed by atoms with Crippen LogP contribution in [0.3, 0.4) is 0 Å². The molecule has 0 radical (unpaired) electrons. The molecule has 0 fully saturated rings. The SMILES string of the molecule is COc1ccc(F)cc1C(=O)N(C)C(C)c1ccccc1F. The second kappa shape index (κ2) is 6.56. The first-order valence-corrected chi connectivity index (χ1v) is 6.80. The van der Waals surface area contributed by atoms with Crippen molar-refractivity contribution in [2.75, 3.05) is 14.2 Å². The third kappa shape index (κ3) is 3.08. The van der Waals surface area contributed by atoms with Crippen molar-refractivity contribution in [3.8, 4) is 5.75 Å². The third-order valence-electron chi connectivity index (χ3n) is 3.65. The van der Waals surface area contributed by atoms with E-state index in [-0.39, 0.29) is 17.1 Å². The van der Waals surface area contributed by atoms with Crippen molar-refractivity contribution >= 4 is 5.91 Å². The van der Waals surface area contributed by atoms with Crippen LogP contribution in [0.2, 0.25) is 0 Å². The number of carbonyl (C=O) groups excluding carboxylic acids is 1. The highest BCUT2D eigenvalue weighted by Gasteiger charge is 2.23. The van der Waals surface area contributed by atoms with E-state index in [2.05, 4.69) is 0 Å². The second-order valence-corrected chi connectivity index (χ2v) is 4.96. The predicted molar refractivity (Wildman–Crippen MR) is 79.9 cm³/mol. The number of nitrogens with zero attached hydrogens (tertiary/aromatic N) is 1. The summed E-state index contributed by atoms with van der Waals surface area (Å²) >= 11 is 0. The normalized spacial score (nSPS) is 11.9. The predicted octanol–water partition coefficient (Wildman–Crippen LogP) is 3.81. The highest BCUT2D eigenvalue weighted by Crippen LogP contribution is 2.26. The highest BCUT2D eigenvalue weighted by molar-refractivity contribution is 5.97. The maximum Gasteiger partial charge on any atom is 0.257 e. The highest BCUT2D eigenvalue weighted by atomic mass is 19.1. The number of ether oxygens (including phenoxy) is 1. The Kier molecular flexibility index (Phi) is 4.75. The summed E-state index contributed by atoms with van der Waals surface area (Å²) in [5.41, 5.74) is 0.502. The topological polar surface area (TPSA) is 29.5 Å². The fraction of sp³-hybridized carbons (Fsp3) is 0.235. The molecule has 22 heavy (non-hydrogen) atoms. The Morgan fingerprint density at radius 1 is 1.18 bits per heavy atom. The van der Waals surface area contributed by atoms with Gasteiger partial charge < -0.3 is 9.64 Å². The third-order valence-corrected chi connectivity index (χ3v) is 3.65. The summed E-state index contributed by atoms with van der Waals surface area (Å²) in [6.45, 7) is 1.71.